The number of carbonyl (C=O) groups is 1. The van der Waals surface area contributed by atoms with Crippen LogP contribution in [0.2, 0.25) is 0 Å². The van der Waals surface area contributed by atoms with Crippen molar-refractivity contribution in [3.05, 3.63) is 64.7 Å². The Morgan fingerprint density at radius 3 is 2.50 bits per heavy atom. The highest BCUT2D eigenvalue weighted by Gasteiger charge is 2.30. The molecular formula is C15H12N2O4S. The maximum Gasteiger partial charge on any atom is 0.323 e. The summed E-state index contributed by atoms with van der Waals surface area (Å²) in [7, 11) is -4.28. The summed E-state index contributed by atoms with van der Waals surface area (Å²) in [4.78, 5) is 15.1. The summed E-state index contributed by atoms with van der Waals surface area (Å²) >= 11 is 0. The van der Waals surface area contributed by atoms with E-state index in [1.165, 1.54) is 6.07 Å². The average molecular weight is 316 g/mol. The monoisotopic (exact) mass is 316 g/mol. The van der Waals surface area contributed by atoms with Crippen LogP contribution >= 0.6 is 0 Å². The van der Waals surface area contributed by atoms with Crippen molar-refractivity contribution >= 4 is 26.6 Å². The summed E-state index contributed by atoms with van der Waals surface area (Å²) in [6.45, 7) is 1.80. The molecule has 1 aliphatic rings. The number of para-hydroxylation sites is 2. The lowest BCUT2D eigenvalue weighted by atomic mass is 10.2. The van der Waals surface area contributed by atoms with Gasteiger partial charge in [0.25, 0.3) is 5.91 Å². The molecule has 112 valence electrons. The zero-order valence-corrected chi connectivity index (χ0v) is 12.4. The Kier molecular flexibility index (Phi) is 3.51. The lowest BCUT2D eigenvalue weighted by Gasteiger charge is -2.09. The average Bonchev–Trinajstić information content (AvgIpc) is 2.83. The zero-order valence-electron chi connectivity index (χ0n) is 11.6. The molecule has 2 aromatic carbocycles. The van der Waals surface area contributed by atoms with Crippen LogP contribution in [0.15, 0.2) is 53.5 Å². The van der Waals surface area contributed by atoms with Gasteiger partial charge in [0.05, 0.1) is 11.0 Å². The first kappa shape index (κ1) is 14.4. The van der Waals surface area contributed by atoms with Gasteiger partial charge in [0.1, 0.15) is 0 Å². The fourth-order valence-corrected chi connectivity index (χ4v) is 3.09. The van der Waals surface area contributed by atoms with E-state index in [1.54, 1.807) is 43.3 Å². The van der Waals surface area contributed by atoms with Crippen LogP contribution in [-0.4, -0.2) is 14.3 Å². The first-order valence-corrected chi connectivity index (χ1v) is 7.87. The van der Waals surface area contributed by atoms with Gasteiger partial charge in [-0.15, -0.1) is 4.28 Å². The van der Waals surface area contributed by atoms with Gasteiger partial charge in [0.2, 0.25) is 0 Å². The first-order chi connectivity index (χ1) is 10.5. The Hall–Kier alpha value is -2.51. The molecule has 0 atom stereocenters. The second-order valence-corrected chi connectivity index (χ2v) is 6.20. The van der Waals surface area contributed by atoms with Crippen LogP contribution in [0.1, 0.15) is 5.56 Å². The zero-order chi connectivity index (χ0) is 15.7. The number of hydrogen-bond donors (Lipinski definition) is 1. The number of carbonyl (C=O) groups excluding carboxylic acids is 1. The molecule has 6 nitrogen and oxygen atoms in total. The van der Waals surface area contributed by atoms with Crippen molar-refractivity contribution in [3.8, 4) is 0 Å². The van der Waals surface area contributed by atoms with Crippen LogP contribution in [0.4, 0.5) is 5.69 Å². The van der Waals surface area contributed by atoms with Gasteiger partial charge in [-0.1, -0.05) is 36.4 Å². The molecule has 1 N–H and O–H groups in total. The Balaban J connectivity index is 1.97. The van der Waals surface area contributed by atoms with Crippen molar-refractivity contribution in [3.63, 3.8) is 0 Å². The third-order valence-electron chi connectivity index (χ3n) is 3.22. The van der Waals surface area contributed by atoms with E-state index in [-0.39, 0.29) is 5.22 Å². The van der Waals surface area contributed by atoms with E-state index in [1.807, 2.05) is 6.07 Å². The third-order valence-corrected chi connectivity index (χ3v) is 4.42. The summed E-state index contributed by atoms with van der Waals surface area (Å²) in [5, 5.41) is 0.574. The first-order valence-electron chi connectivity index (χ1n) is 6.46. The molecule has 1 aliphatic heterocycles. The second-order valence-electron chi connectivity index (χ2n) is 4.72. The number of benzene rings is 2. The van der Waals surface area contributed by atoms with E-state index < -0.39 is 20.9 Å². The molecule has 0 aliphatic carbocycles. The molecule has 1 heterocycles. The van der Waals surface area contributed by atoms with E-state index in [2.05, 4.69) is 10.5 Å². The van der Waals surface area contributed by atoms with E-state index in [0.717, 1.165) is 5.56 Å². The van der Waals surface area contributed by atoms with Crippen molar-refractivity contribution in [1.82, 2.24) is 0 Å². The lowest BCUT2D eigenvalue weighted by Crippen LogP contribution is -2.26. The molecule has 0 radical (unpaired) electrons. The van der Waals surface area contributed by atoms with Crippen molar-refractivity contribution in [2.24, 2.45) is 4.99 Å². The number of anilines is 1. The van der Waals surface area contributed by atoms with Crippen molar-refractivity contribution < 1.29 is 17.5 Å². The molecular weight excluding hydrogens is 304 g/mol. The van der Waals surface area contributed by atoms with E-state index >= 15 is 0 Å². The van der Waals surface area contributed by atoms with Gasteiger partial charge < -0.3 is 0 Å². The lowest BCUT2D eigenvalue weighted by molar-refractivity contribution is -0.112. The minimum atomic E-state index is -4.28. The van der Waals surface area contributed by atoms with Crippen LogP contribution in [0.3, 0.4) is 0 Å². The molecule has 0 bridgehead atoms. The molecule has 1 amide bonds. The third kappa shape index (κ3) is 2.51. The Morgan fingerprint density at radius 2 is 1.73 bits per heavy atom. The summed E-state index contributed by atoms with van der Waals surface area (Å²) < 4.78 is 29.4. The summed E-state index contributed by atoms with van der Waals surface area (Å²) in [5.74, 6) is -0.826. The maximum absolute atomic E-state index is 12.3. The highest BCUT2D eigenvalue weighted by atomic mass is 32.2. The van der Waals surface area contributed by atoms with Gasteiger partial charge in [-0.25, -0.2) is 10.5 Å². The number of amides is 1. The molecule has 0 unspecified atom stereocenters. The maximum atomic E-state index is 12.3. The normalized spacial score (nSPS) is 13.7. The van der Waals surface area contributed by atoms with E-state index in [4.69, 9.17) is 4.28 Å². The van der Waals surface area contributed by atoms with Gasteiger partial charge in [0, 0.05) is 5.22 Å². The van der Waals surface area contributed by atoms with Crippen LogP contribution < -0.4 is 16.1 Å². The van der Waals surface area contributed by atoms with Crippen molar-refractivity contribution in [1.29, 1.82) is 0 Å². The molecule has 0 fully saturated rings. The van der Waals surface area contributed by atoms with Crippen molar-refractivity contribution in [2.75, 3.05) is 5.48 Å². The van der Waals surface area contributed by atoms with E-state index in [9.17, 15) is 13.2 Å². The molecule has 7 heteroatoms. The summed E-state index contributed by atoms with van der Waals surface area (Å²) in [5.41, 5.74) is 3.69. The largest absolute Gasteiger partial charge is 0.323 e. The quantitative estimate of drug-likeness (QED) is 0.837. The van der Waals surface area contributed by atoms with Gasteiger partial charge >= 0.3 is 10.1 Å². The number of fused-ring (bicyclic) bond motifs is 1. The molecule has 0 spiro atoms. The fraction of sp³-hybridized carbons (Fsp3) is 0.0667. The molecule has 0 saturated heterocycles. The molecule has 2 aromatic rings. The summed E-state index contributed by atoms with van der Waals surface area (Å²) in [6, 6.07) is 13.4. The van der Waals surface area contributed by atoms with Crippen LogP contribution in [0, 0.1) is 6.92 Å². The predicted molar refractivity (Wildman–Crippen MR) is 80.4 cm³/mol. The number of nitrogens with one attached hydrogen (secondary N) is 1. The Morgan fingerprint density at radius 1 is 1.05 bits per heavy atom. The summed E-state index contributed by atoms with van der Waals surface area (Å²) in [6.07, 6.45) is 0. The van der Waals surface area contributed by atoms with Crippen LogP contribution in [0.5, 0.6) is 0 Å². The molecule has 0 saturated carbocycles. The van der Waals surface area contributed by atoms with Crippen molar-refractivity contribution in [2.45, 2.75) is 6.92 Å². The van der Waals surface area contributed by atoms with Gasteiger partial charge in [-0.2, -0.15) is 8.42 Å². The molecule has 0 aromatic heterocycles. The van der Waals surface area contributed by atoms with Crippen LogP contribution in [0.25, 0.3) is 4.91 Å². The van der Waals surface area contributed by atoms with Crippen LogP contribution in [-0.2, 0) is 19.2 Å². The standard InChI is InChI=1S/C15H12N2O4S/c1-10-6-2-4-8-12(10)17-21-22(19,20)14-11-7-3-5-9-13(11)16-15(14)18/h2-9,17H,1H3. The fourth-order valence-electron chi connectivity index (χ4n) is 2.11. The SMILES string of the molecule is Cc1ccccc1NOS(=O)(=O)C1=c2ccccc2=NC1=O. The molecule has 3 rings (SSSR count). The van der Waals surface area contributed by atoms with E-state index in [0.29, 0.717) is 11.0 Å². The number of rotatable bonds is 4. The van der Waals surface area contributed by atoms with Gasteiger partial charge in [-0.05, 0) is 24.6 Å². The predicted octanol–water partition coefficient (Wildman–Crippen LogP) is 0.637. The van der Waals surface area contributed by atoms with Gasteiger partial charge in [-0.3, -0.25) is 4.79 Å². The minimum Gasteiger partial charge on any atom is -0.266 e. The Bertz CT molecular complexity index is 981. The Labute approximate surface area is 126 Å². The van der Waals surface area contributed by atoms with Gasteiger partial charge in [0.15, 0.2) is 4.91 Å². The minimum absolute atomic E-state index is 0.249. The number of aryl methyl sites for hydroxylation is 1. The smallest absolute Gasteiger partial charge is 0.266 e. The second kappa shape index (κ2) is 5.36. The number of nitrogens with zero attached hydrogens (tertiary/aromatic N) is 1. The highest BCUT2D eigenvalue weighted by molar-refractivity contribution is 7.97. The molecule has 22 heavy (non-hydrogen) atoms. The number of hydrogen-bond acceptors (Lipinski definition) is 5. The highest BCUT2D eigenvalue weighted by Crippen LogP contribution is 2.17. The topological polar surface area (TPSA) is 84.8 Å².